The van der Waals surface area contributed by atoms with E-state index in [1.54, 1.807) is 23.1 Å². The number of hydrogen-bond donors (Lipinski definition) is 4. The van der Waals surface area contributed by atoms with Crippen LogP contribution in [0.3, 0.4) is 0 Å². The number of benzene rings is 1. The van der Waals surface area contributed by atoms with E-state index in [1.165, 1.54) is 7.11 Å². The zero-order valence-corrected chi connectivity index (χ0v) is 20.4. The van der Waals surface area contributed by atoms with Crippen LogP contribution in [0.2, 0.25) is 0 Å². The Morgan fingerprint density at radius 2 is 2.03 bits per heavy atom. The maximum Gasteiger partial charge on any atom is 0.252 e. The molecule has 36 heavy (non-hydrogen) atoms. The molecule has 1 saturated carbocycles. The lowest BCUT2D eigenvalue weighted by molar-refractivity contribution is -0.147. The van der Waals surface area contributed by atoms with Crippen molar-refractivity contribution in [2.24, 2.45) is 5.92 Å². The van der Waals surface area contributed by atoms with Crippen molar-refractivity contribution >= 4 is 11.8 Å². The third-order valence-corrected chi connectivity index (χ3v) is 7.49. The highest BCUT2D eigenvalue weighted by Crippen LogP contribution is 2.51. The normalized spacial score (nSPS) is 28.6. The Morgan fingerprint density at radius 3 is 2.67 bits per heavy atom. The minimum atomic E-state index is -1.11. The number of nitrogens with zero attached hydrogens (tertiary/aromatic N) is 1. The molecule has 1 aromatic carbocycles. The summed E-state index contributed by atoms with van der Waals surface area (Å²) in [7, 11) is 1.49. The van der Waals surface area contributed by atoms with E-state index in [2.05, 4.69) is 5.32 Å². The average molecular weight is 503 g/mol. The lowest BCUT2D eigenvalue weighted by Gasteiger charge is -2.41. The summed E-state index contributed by atoms with van der Waals surface area (Å²) >= 11 is 0. The van der Waals surface area contributed by atoms with Gasteiger partial charge in [-0.15, -0.1) is 0 Å². The van der Waals surface area contributed by atoms with Crippen LogP contribution in [0.25, 0.3) is 0 Å². The maximum atomic E-state index is 13.5. The van der Waals surface area contributed by atoms with Crippen LogP contribution in [0.4, 0.5) is 0 Å². The summed E-state index contributed by atoms with van der Waals surface area (Å²) in [4.78, 5) is 28.5. The van der Waals surface area contributed by atoms with Crippen LogP contribution in [0, 0.1) is 5.92 Å². The van der Waals surface area contributed by atoms with E-state index in [-0.39, 0.29) is 25.7 Å². The van der Waals surface area contributed by atoms with Gasteiger partial charge in [0.1, 0.15) is 18.3 Å². The van der Waals surface area contributed by atoms with Crippen molar-refractivity contribution in [2.75, 3.05) is 33.4 Å². The van der Waals surface area contributed by atoms with Gasteiger partial charge in [-0.1, -0.05) is 0 Å². The van der Waals surface area contributed by atoms with Gasteiger partial charge in [0.2, 0.25) is 5.91 Å². The molecular weight excluding hydrogens is 468 g/mol. The number of hydrogen-bond acceptors (Lipinski definition) is 8. The molecule has 1 aromatic rings. The van der Waals surface area contributed by atoms with Crippen molar-refractivity contribution in [3.63, 3.8) is 0 Å². The second-order valence-corrected chi connectivity index (χ2v) is 9.95. The number of rotatable bonds is 9. The molecule has 2 amide bonds. The highest BCUT2D eigenvalue weighted by molar-refractivity contribution is 5.96. The fraction of sp³-hybridized carbons (Fsp3) is 0.615. The summed E-state index contributed by atoms with van der Waals surface area (Å²) in [5.74, 6) is -0.0552. The van der Waals surface area contributed by atoms with Gasteiger partial charge in [0.25, 0.3) is 5.91 Å². The number of methoxy groups -OCH3 is 1. The van der Waals surface area contributed by atoms with Crippen LogP contribution in [0.15, 0.2) is 23.8 Å². The lowest BCUT2D eigenvalue weighted by Crippen LogP contribution is -2.57. The first kappa shape index (κ1) is 25.0. The minimum Gasteiger partial charge on any atom is -0.493 e. The summed E-state index contributed by atoms with van der Waals surface area (Å²) < 4.78 is 17.4. The SMILES string of the molecule is COc1cc(CO)cc2c1OC1C2C(C(=O)NCCO)=CC(N(CC2CC2)C(=O)C2CCCO2)C1O. The molecule has 5 unspecified atom stereocenters. The van der Waals surface area contributed by atoms with Gasteiger partial charge in [0.15, 0.2) is 11.5 Å². The largest absolute Gasteiger partial charge is 0.493 e. The predicted octanol–water partition coefficient (Wildman–Crippen LogP) is 0.228. The summed E-state index contributed by atoms with van der Waals surface area (Å²) in [5.41, 5.74) is 1.57. The van der Waals surface area contributed by atoms with Gasteiger partial charge in [0.05, 0.1) is 32.3 Å². The molecule has 0 bridgehead atoms. The van der Waals surface area contributed by atoms with Crippen LogP contribution in [0.5, 0.6) is 11.5 Å². The highest BCUT2D eigenvalue weighted by atomic mass is 16.5. The van der Waals surface area contributed by atoms with Gasteiger partial charge >= 0.3 is 0 Å². The van der Waals surface area contributed by atoms with Crippen molar-refractivity contribution < 1.29 is 39.1 Å². The molecular formula is C26H34N2O8. The van der Waals surface area contributed by atoms with Gasteiger partial charge < -0.3 is 39.7 Å². The molecule has 0 aromatic heterocycles. The van der Waals surface area contributed by atoms with Crippen molar-refractivity contribution in [2.45, 2.75) is 62.6 Å². The molecule has 2 fully saturated rings. The molecule has 1 saturated heterocycles. The molecule has 2 heterocycles. The van der Waals surface area contributed by atoms with Crippen LogP contribution in [0.1, 0.15) is 42.7 Å². The molecule has 2 aliphatic carbocycles. The Bertz CT molecular complexity index is 1030. The van der Waals surface area contributed by atoms with Crippen molar-refractivity contribution in [1.29, 1.82) is 0 Å². The number of nitrogens with one attached hydrogen (secondary N) is 1. The summed E-state index contributed by atoms with van der Waals surface area (Å²) in [6, 6.07) is 2.63. The zero-order chi connectivity index (χ0) is 25.4. The fourth-order valence-corrected chi connectivity index (χ4v) is 5.51. The summed E-state index contributed by atoms with van der Waals surface area (Å²) in [6.07, 6.45) is 2.64. The molecule has 2 aliphatic heterocycles. The number of aliphatic hydroxyl groups excluding tert-OH is 3. The molecule has 5 rings (SSSR count). The van der Waals surface area contributed by atoms with E-state index < -0.39 is 36.2 Å². The second kappa shape index (κ2) is 10.4. The average Bonchev–Trinajstić information content (AvgIpc) is 3.38. The fourth-order valence-electron chi connectivity index (χ4n) is 5.51. The molecule has 4 aliphatic rings. The number of carbonyl (C=O) groups excluding carboxylic acids is 2. The summed E-state index contributed by atoms with van der Waals surface area (Å²) in [5, 5.41) is 33.4. The van der Waals surface area contributed by atoms with Gasteiger partial charge in [-0.3, -0.25) is 9.59 Å². The number of aliphatic hydroxyl groups is 3. The topological polar surface area (TPSA) is 138 Å². The highest BCUT2D eigenvalue weighted by Gasteiger charge is 2.52. The molecule has 10 nitrogen and oxygen atoms in total. The molecule has 4 N–H and O–H groups in total. The third kappa shape index (κ3) is 4.58. The Hall–Kier alpha value is -2.66. The van der Waals surface area contributed by atoms with E-state index in [9.17, 15) is 24.9 Å². The predicted molar refractivity (Wildman–Crippen MR) is 127 cm³/mol. The van der Waals surface area contributed by atoms with E-state index in [0.717, 1.165) is 19.3 Å². The summed E-state index contributed by atoms with van der Waals surface area (Å²) in [6.45, 7) is 0.620. The number of ether oxygens (including phenoxy) is 3. The Kier molecular flexibility index (Phi) is 7.21. The monoisotopic (exact) mass is 502 g/mol. The van der Waals surface area contributed by atoms with Crippen molar-refractivity contribution in [1.82, 2.24) is 10.2 Å². The van der Waals surface area contributed by atoms with Crippen LogP contribution in [-0.4, -0.2) is 89.8 Å². The third-order valence-electron chi connectivity index (χ3n) is 7.49. The van der Waals surface area contributed by atoms with Crippen LogP contribution in [-0.2, 0) is 20.9 Å². The minimum absolute atomic E-state index is 0.0646. The molecule has 0 radical (unpaired) electrons. The van der Waals surface area contributed by atoms with E-state index in [0.29, 0.717) is 53.7 Å². The Labute approximate surface area is 209 Å². The second-order valence-electron chi connectivity index (χ2n) is 9.95. The van der Waals surface area contributed by atoms with Crippen molar-refractivity contribution in [3.8, 4) is 11.5 Å². The lowest BCUT2D eigenvalue weighted by atomic mass is 9.77. The smallest absolute Gasteiger partial charge is 0.252 e. The molecule has 5 atom stereocenters. The first-order valence-electron chi connectivity index (χ1n) is 12.7. The molecule has 10 heteroatoms. The maximum absolute atomic E-state index is 13.5. The van der Waals surface area contributed by atoms with Gasteiger partial charge in [-0.2, -0.15) is 0 Å². The Balaban J connectivity index is 1.56. The zero-order valence-electron chi connectivity index (χ0n) is 20.4. The van der Waals surface area contributed by atoms with Crippen molar-refractivity contribution in [3.05, 3.63) is 34.9 Å². The number of amides is 2. The van der Waals surface area contributed by atoms with E-state index >= 15 is 0 Å². The first-order chi connectivity index (χ1) is 17.5. The van der Waals surface area contributed by atoms with E-state index in [1.807, 2.05) is 0 Å². The number of carbonyl (C=O) groups is 2. The van der Waals surface area contributed by atoms with E-state index in [4.69, 9.17) is 14.2 Å². The van der Waals surface area contributed by atoms with Crippen LogP contribution >= 0.6 is 0 Å². The first-order valence-corrected chi connectivity index (χ1v) is 12.7. The molecule has 0 spiro atoms. The quantitative estimate of drug-likeness (QED) is 0.377. The van der Waals surface area contributed by atoms with Gasteiger partial charge in [-0.05, 0) is 55.4 Å². The van der Waals surface area contributed by atoms with Gasteiger partial charge in [0, 0.05) is 30.8 Å². The van der Waals surface area contributed by atoms with Crippen LogP contribution < -0.4 is 14.8 Å². The Morgan fingerprint density at radius 1 is 1.22 bits per heavy atom. The van der Waals surface area contributed by atoms with Gasteiger partial charge in [-0.25, -0.2) is 0 Å². The standard InChI is InChI=1S/C26H34N2O8/c1-34-20-10-15(13-30)9-16-21-17(25(32)27-6-7-29)11-18(22(31)24(21)36-23(16)20)28(12-14-4-5-14)26(33)19-3-2-8-35-19/h9-11,14,18-19,21-22,24,29-31H,2-8,12-13H2,1H3,(H,27,32). The molecule has 196 valence electrons. The number of fused-ring (bicyclic) bond motifs is 3.